The summed E-state index contributed by atoms with van der Waals surface area (Å²) in [5.41, 5.74) is 1.65. The molecule has 1 heterocycles. The van der Waals surface area contributed by atoms with Crippen molar-refractivity contribution >= 4 is 17.6 Å². The van der Waals surface area contributed by atoms with Gasteiger partial charge in [0.2, 0.25) is 11.8 Å². The lowest BCUT2D eigenvalue weighted by Crippen LogP contribution is -2.38. The molecule has 126 valence electrons. The minimum absolute atomic E-state index is 0.0686. The van der Waals surface area contributed by atoms with Crippen LogP contribution in [-0.4, -0.2) is 42.5 Å². The first kappa shape index (κ1) is 17.3. The molecule has 2 rings (SSSR count). The maximum Gasteiger partial charge on any atom is 0.319 e. The van der Waals surface area contributed by atoms with Crippen molar-refractivity contribution in [3.8, 4) is 11.6 Å². The van der Waals surface area contributed by atoms with E-state index in [1.165, 1.54) is 11.1 Å². The van der Waals surface area contributed by atoms with Gasteiger partial charge in [-0.25, -0.2) is 9.78 Å². The number of amides is 3. The molecule has 1 aromatic carbocycles. The van der Waals surface area contributed by atoms with E-state index in [4.69, 9.17) is 4.74 Å². The fourth-order valence-corrected chi connectivity index (χ4v) is 1.73. The van der Waals surface area contributed by atoms with Gasteiger partial charge in [-0.1, -0.05) is 17.7 Å². The first-order chi connectivity index (χ1) is 11.4. The molecule has 0 atom stereocenters. The highest BCUT2D eigenvalue weighted by atomic mass is 16.5. The Kier molecular flexibility index (Phi) is 5.73. The van der Waals surface area contributed by atoms with Crippen molar-refractivity contribution < 1.29 is 14.3 Å². The standard InChI is InChI=1S/C17H20N4O3/c1-12-4-7-14(8-5-12)24-15-9-6-13(10-18-15)20-17(23)19-11-16(22)21(2)3/h4-10H,11H2,1-3H3,(H2,19,20,23). The normalized spacial score (nSPS) is 9.96. The molecule has 7 nitrogen and oxygen atoms in total. The van der Waals surface area contributed by atoms with Crippen LogP contribution in [0.3, 0.4) is 0 Å². The van der Waals surface area contributed by atoms with Gasteiger partial charge in [0.15, 0.2) is 0 Å². The molecule has 0 saturated heterocycles. The Hall–Kier alpha value is -3.09. The van der Waals surface area contributed by atoms with Gasteiger partial charge in [0, 0.05) is 20.2 Å². The van der Waals surface area contributed by atoms with Crippen LogP contribution in [0.1, 0.15) is 5.56 Å². The van der Waals surface area contributed by atoms with Crippen molar-refractivity contribution in [2.75, 3.05) is 26.0 Å². The van der Waals surface area contributed by atoms with Crippen molar-refractivity contribution in [1.82, 2.24) is 15.2 Å². The molecule has 0 fully saturated rings. The molecule has 0 radical (unpaired) electrons. The quantitative estimate of drug-likeness (QED) is 0.883. The molecular weight excluding hydrogens is 308 g/mol. The Bertz CT molecular complexity index is 697. The minimum Gasteiger partial charge on any atom is -0.439 e. The first-order valence-corrected chi connectivity index (χ1v) is 7.39. The van der Waals surface area contributed by atoms with E-state index in [1.807, 2.05) is 31.2 Å². The molecule has 0 unspecified atom stereocenters. The minimum atomic E-state index is -0.473. The van der Waals surface area contributed by atoms with Crippen molar-refractivity contribution in [3.63, 3.8) is 0 Å². The Morgan fingerprint density at radius 1 is 1.12 bits per heavy atom. The van der Waals surface area contributed by atoms with Crippen molar-refractivity contribution in [1.29, 1.82) is 0 Å². The molecular formula is C17H20N4O3. The van der Waals surface area contributed by atoms with Gasteiger partial charge in [0.1, 0.15) is 5.75 Å². The summed E-state index contributed by atoms with van der Waals surface area (Å²) in [5, 5.41) is 5.07. The van der Waals surface area contributed by atoms with E-state index in [2.05, 4.69) is 15.6 Å². The van der Waals surface area contributed by atoms with Gasteiger partial charge in [0.05, 0.1) is 18.4 Å². The molecule has 0 saturated carbocycles. The van der Waals surface area contributed by atoms with Crippen LogP contribution in [0.4, 0.5) is 10.5 Å². The third kappa shape index (κ3) is 5.28. The SMILES string of the molecule is Cc1ccc(Oc2ccc(NC(=O)NCC(=O)N(C)C)cn2)cc1. The van der Waals surface area contributed by atoms with Gasteiger partial charge in [-0.05, 0) is 25.1 Å². The molecule has 2 aromatic rings. The molecule has 0 aliphatic heterocycles. The van der Waals surface area contributed by atoms with E-state index in [0.717, 1.165) is 5.56 Å². The van der Waals surface area contributed by atoms with Crippen molar-refractivity contribution in [3.05, 3.63) is 48.2 Å². The number of ether oxygens (including phenoxy) is 1. The monoisotopic (exact) mass is 328 g/mol. The second-order valence-electron chi connectivity index (χ2n) is 5.40. The van der Waals surface area contributed by atoms with Crippen LogP contribution in [0, 0.1) is 6.92 Å². The summed E-state index contributed by atoms with van der Waals surface area (Å²) in [6, 6.07) is 10.5. The molecule has 7 heteroatoms. The van der Waals surface area contributed by atoms with Crippen LogP contribution in [0.25, 0.3) is 0 Å². The molecule has 0 aliphatic carbocycles. The van der Waals surface area contributed by atoms with E-state index in [0.29, 0.717) is 17.3 Å². The zero-order valence-electron chi connectivity index (χ0n) is 13.9. The van der Waals surface area contributed by atoms with E-state index in [-0.39, 0.29) is 12.5 Å². The molecule has 0 aliphatic rings. The molecule has 24 heavy (non-hydrogen) atoms. The topological polar surface area (TPSA) is 83.6 Å². The number of nitrogens with one attached hydrogen (secondary N) is 2. The van der Waals surface area contributed by atoms with Crippen LogP contribution in [0.15, 0.2) is 42.6 Å². The largest absolute Gasteiger partial charge is 0.439 e. The second-order valence-corrected chi connectivity index (χ2v) is 5.40. The van der Waals surface area contributed by atoms with Crippen LogP contribution < -0.4 is 15.4 Å². The number of aryl methyl sites for hydroxylation is 1. The number of pyridine rings is 1. The number of urea groups is 1. The van der Waals surface area contributed by atoms with E-state index in [9.17, 15) is 9.59 Å². The number of rotatable bonds is 5. The number of hydrogen-bond acceptors (Lipinski definition) is 4. The predicted octanol–water partition coefficient (Wildman–Crippen LogP) is 2.39. The number of aromatic nitrogens is 1. The maximum absolute atomic E-state index is 11.7. The lowest BCUT2D eigenvalue weighted by Gasteiger charge is -2.11. The van der Waals surface area contributed by atoms with E-state index in [1.54, 1.807) is 26.2 Å². The lowest BCUT2D eigenvalue weighted by molar-refractivity contribution is -0.127. The Morgan fingerprint density at radius 2 is 1.83 bits per heavy atom. The van der Waals surface area contributed by atoms with Gasteiger partial charge in [-0.2, -0.15) is 0 Å². The summed E-state index contributed by atoms with van der Waals surface area (Å²) >= 11 is 0. The summed E-state index contributed by atoms with van der Waals surface area (Å²) in [4.78, 5) is 28.6. The van der Waals surface area contributed by atoms with Gasteiger partial charge in [-0.15, -0.1) is 0 Å². The van der Waals surface area contributed by atoms with Gasteiger partial charge in [0.25, 0.3) is 0 Å². The summed E-state index contributed by atoms with van der Waals surface area (Å²) in [7, 11) is 3.25. The molecule has 1 aromatic heterocycles. The highest BCUT2D eigenvalue weighted by molar-refractivity contribution is 5.92. The molecule has 2 N–H and O–H groups in total. The number of likely N-dealkylation sites (N-methyl/N-ethyl adjacent to an activating group) is 1. The van der Waals surface area contributed by atoms with Crippen LogP contribution in [-0.2, 0) is 4.79 Å². The van der Waals surface area contributed by atoms with Crippen molar-refractivity contribution in [2.24, 2.45) is 0 Å². The van der Waals surface area contributed by atoms with Gasteiger partial charge >= 0.3 is 6.03 Å². The fraction of sp³-hybridized carbons (Fsp3) is 0.235. The number of hydrogen-bond donors (Lipinski definition) is 2. The highest BCUT2D eigenvalue weighted by Gasteiger charge is 2.07. The summed E-state index contributed by atoms with van der Waals surface area (Å²) in [5.74, 6) is 0.923. The Balaban J connectivity index is 1.86. The number of anilines is 1. The third-order valence-electron chi connectivity index (χ3n) is 3.14. The number of nitrogens with zero attached hydrogens (tertiary/aromatic N) is 2. The van der Waals surface area contributed by atoms with Gasteiger partial charge in [-0.3, -0.25) is 4.79 Å². The van der Waals surface area contributed by atoms with Crippen LogP contribution >= 0.6 is 0 Å². The average Bonchev–Trinajstić information content (AvgIpc) is 2.56. The third-order valence-corrected chi connectivity index (χ3v) is 3.14. The van der Waals surface area contributed by atoms with Crippen molar-refractivity contribution in [2.45, 2.75) is 6.92 Å². The Morgan fingerprint density at radius 3 is 2.42 bits per heavy atom. The highest BCUT2D eigenvalue weighted by Crippen LogP contribution is 2.20. The number of carbonyl (C=O) groups excluding carboxylic acids is 2. The number of benzene rings is 1. The van der Waals surface area contributed by atoms with E-state index >= 15 is 0 Å². The summed E-state index contributed by atoms with van der Waals surface area (Å²) < 4.78 is 5.61. The van der Waals surface area contributed by atoms with Gasteiger partial charge < -0.3 is 20.3 Å². The average molecular weight is 328 g/mol. The summed E-state index contributed by atoms with van der Waals surface area (Å²) in [6.07, 6.45) is 1.48. The number of carbonyl (C=O) groups is 2. The van der Waals surface area contributed by atoms with Crippen LogP contribution in [0.5, 0.6) is 11.6 Å². The lowest BCUT2D eigenvalue weighted by atomic mass is 10.2. The second kappa shape index (κ2) is 7.96. The molecule has 0 bridgehead atoms. The molecule has 0 spiro atoms. The predicted molar refractivity (Wildman–Crippen MR) is 91.2 cm³/mol. The fourth-order valence-electron chi connectivity index (χ4n) is 1.73. The summed E-state index contributed by atoms with van der Waals surface area (Å²) in [6.45, 7) is 1.93. The van der Waals surface area contributed by atoms with Crippen LogP contribution in [0.2, 0.25) is 0 Å². The molecule has 3 amide bonds. The van der Waals surface area contributed by atoms with E-state index < -0.39 is 6.03 Å². The first-order valence-electron chi connectivity index (χ1n) is 7.39. The smallest absolute Gasteiger partial charge is 0.319 e. The zero-order chi connectivity index (χ0) is 17.5. The maximum atomic E-state index is 11.7. The zero-order valence-corrected chi connectivity index (χ0v) is 13.9. The Labute approximate surface area is 140 Å².